The van der Waals surface area contributed by atoms with E-state index in [4.69, 9.17) is 0 Å². The van der Waals surface area contributed by atoms with Crippen LogP contribution in [0, 0.1) is 0 Å². The molecule has 4 rings (SSSR count). The van der Waals surface area contributed by atoms with Crippen molar-refractivity contribution in [1.82, 2.24) is 0 Å². The van der Waals surface area contributed by atoms with E-state index in [1.54, 1.807) is 0 Å². The molecule has 0 saturated carbocycles. The molecule has 0 saturated heterocycles. The second-order valence-corrected chi connectivity index (χ2v) is 5.44. The van der Waals surface area contributed by atoms with Gasteiger partial charge in [0, 0.05) is 23.5 Å². The van der Waals surface area contributed by atoms with Crippen LogP contribution in [-0.2, 0) is 12.8 Å². The molecular weight excluding hydrogens is 232 g/mol. The molecule has 1 aliphatic carbocycles. The molecule has 2 heteroatoms. The van der Waals surface area contributed by atoms with Gasteiger partial charge in [-0.25, -0.2) is 0 Å². The quantitative estimate of drug-likeness (QED) is 0.848. The summed E-state index contributed by atoms with van der Waals surface area (Å²) in [6.07, 6.45) is 3.53. The van der Waals surface area contributed by atoms with Crippen molar-refractivity contribution >= 4 is 11.4 Å². The smallest absolute Gasteiger partial charge is 0.0519 e. The Kier molecular flexibility index (Phi) is 2.47. The molecule has 1 heterocycles. The second kappa shape index (κ2) is 4.30. The molecule has 0 bridgehead atoms. The minimum Gasteiger partial charge on any atom is -0.384 e. The van der Waals surface area contributed by atoms with Gasteiger partial charge in [-0.05, 0) is 42.5 Å². The predicted molar refractivity (Wildman–Crippen MR) is 79.8 cm³/mol. The third-order valence-electron chi connectivity index (χ3n) is 4.33. The third kappa shape index (κ3) is 1.79. The molecule has 0 unspecified atom stereocenters. The van der Waals surface area contributed by atoms with Crippen molar-refractivity contribution in [2.24, 2.45) is 0 Å². The zero-order chi connectivity index (χ0) is 12.7. The zero-order valence-corrected chi connectivity index (χ0v) is 10.9. The van der Waals surface area contributed by atoms with E-state index >= 15 is 0 Å². The number of aryl methyl sites for hydroxylation is 1. The summed E-state index contributed by atoms with van der Waals surface area (Å²) in [5.41, 5.74) is 7.05. The lowest BCUT2D eigenvalue weighted by molar-refractivity contribution is 0.760. The van der Waals surface area contributed by atoms with E-state index in [-0.39, 0.29) is 0 Å². The van der Waals surface area contributed by atoms with Gasteiger partial charge in [0.15, 0.2) is 0 Å². The molecule has 0 aromatic heterocycles. The maximum atomic E-state index is 3.76. The number of hydrogen-bond donors (Lipinski definition) is 2. The van der Waals surface area contributed by atoms with Crippen LogP contribution >= 0.6 is 0 Å². The Morgan fingerprint density at radius 3 is 2.95 bits per heavy atom. The summed E-state index contributed by atoms with van der Waals surface area (Å²) in [6.45, 7) is 1.06. The van der Waals surface area contributed by atoms with Crippen LogP contribution in [-0.4, -0.2) is 6.54 Å². The van der Waals surface area contributed by atoms with E-state index in [1.807, 2.05) is 0 Å². The summed E-state index contributed by atoms with van der Waals surface area (Å²) < 4.78 is 0. The van der Waals surface area contributed by atoms with Crippen molar-refractivity contribution in [3.8, 4) is 0 Å². The highest BCUT2D eigenvalue weighted by atomic mass is 15.0. The maximum absolute atomic E-state index is 3.76. The van der Waals surface area contributed by atoms with Gasteiger partial charge in [-0.1, -0.05) is 30.3 Å². The Balaban J connectivity index is 1.65. The van der Waals surface area contributed by atoms with Gasteiger partial charge in [0.05, 0.1) is 6.04 Å². The first-order valence-corrected chi connectivity index (χ1v) is 7.12. The van der Waals surface area contributed by atoms with E-state index < -0.39 is 0 Å². The number of fused-ring (bicyclic) bond motifs is 2. The van der Waals surface area contributed by atoms with Crippen LogP contribution in [0.25, 0.3) is 0 Å². The molecule has 0 spiro atoms. The lowest BCUT2D eigenvalue weighted by atomic mass is 10.1. The first kappa shape index (κ1) is 10.9. The zero-order valence-electron chi connectivity index (χ0n) is 10.9. The Morgan fingerprint density at radius 1 is 1.00 bits per heavy atom. The van der Waals surface area contributed by atoms with Gasteiger partial charge < -0.3 is 10.6 Å². The lowest BCUT2D eigenvalue weighted by Crippen LogP contribution is -2.08. The van der Waals surface area contributed by atoms with Crippen LogP contribution in [0.15, 0.2) is 42.5 Å². The predicted octanol–water partition coefficient (Wildman–Crippen LogP) is 3.75. The first-order chi connectivity index (χ1) is 9.42. The fraction of sp³-hybridized carbons (Fsp3) is 0.294. The number of anilines is 2. The molecule has 1 aliphatic heterocycles. The van der Waals surface area contributed by atoms with Crippen molar-refractivity contribution in [1.29, 1.82) is 0 Å². The molecule has 0 amide bonds. The molecule has 2 N–H and O–H groups in total. The number of nitrogens with one attached hydrogen (secondary N) is 2. The number of rotatable bonds is 2. The van der Waals surface area contributed by atoms with E-state index in [0.29, 0.717) is 6.04 Å². The molecule has 1 atom stereocenters. The second-order valence-electron chi connectivity index (χ2n) is 5.44. The summed E-state index contributed by atoms with van der Waals surface area (Å²) in [7, 11) is 0. The molecular formula is C17H18N2. The summed E-state index contributed by atoms with van der Waals surface area (Å²) in [6, 6.07) is 15.8. The highest BCUT2D eigenvalue weighted by Crippen LogP contribution is 2.36. The monoisotopic (exact) mass is 250 g/mol. The van der Waals surface area contributed by atoms with Gasteiger partial charge in [0.1, 0.15) is 0 Å². The molecule has 0 fully saturated rings. The van der Waals surface area contributed by atoms with Crippen molar-refractivity contribution < 1.29 is 0 Å². The largest absolute Gasteiger partial charge is 0.384 e. The highest BCUT2D eigenvalue weighted by Gasteiger charge is 2.23. The van der Waals surface area contributed by atoms with Crippen molar-refractivity contribution in [3.05, 3.63) is 59.2 Å². The summed E-state index contributed by atoms with van der Waals surface area (Å²) in [4.78, 5) is 0. The van der Waals surface area contributed by atoms with Crippen molar-refractivity contribution in [2.75, 3.05) is 17.2 Å². The first-order valence-electron chi connectivity index (χ1n) is 7.12. The number of hydrogen-bond acceptors (Lipinski definition) is 2. The van der Waals surface area contributed by atoms with Gasteiger partial charge in [-0.2, -0.15) is 0 Å². The SMILES string of the molecule is c1ccc2c(c1)CC[C@@H]2Nc1cccc2c1CCN2. The maximum Gasteiger partial charge on any atom is 0.0519 e. The van der Waals surface area contributed by atoms with Gasteiger partial charge in [0.25, 0.3) is 0 Å². The number of benzene rings is 2. The van der Waals surface area contributed by atoms with Crippen LogP contribution in [0.1, 0.15) is 29.2 Å². The lowest BCUT2D eigenvalue weighted by Gasteiger charge is -2.18. The molecule has 2 aromatic carbocycles. The molecule has 2 nitrogen and oxygen atoms in total. The third-order valence-corrected chi connectivity index (χ3v) is 4.33. The van der Waals surface area contributed by atoms with Gasteiger partial charge >= 0.3 is 0 Å². The van der Waals surface area contributed by atoms with Crippen LogP contribution in [0.5, 0.6) is 0 Å². The Morgan fingerprint density at radius 2 is 1.95 bits per heavy atom. The molecule has 2 aliphatic rings. The van der Waals surface area contributed by atoms with Crippen LogP contribution in [0.4, 0.5) is 11.4 Å². The fourth-order valence-electron chi connectivity index (χ4n) is 3.37. The molecule has 0 radical (unpaired) electrons. The average Bonchev–Trinajstić information content (AvgIpc) is 3.06. The van der Waals surface area contributed by atoms with Gasteiger partial charge in [0.2, 0.25) is 0 Å². The Bertz CT molecular complexity index is 618. The topological polar surface area (TPSA) is 24.1 Å². The van der Waals surface area contributed by atoms with E-state index in [1.165, 1.54) is 40.9 Å². The van der Waals surface area contributed by atoms with Crippen molar-refractivity contribution in [3.63, 3.8) is 0 Å². The van der Waals surface area contributed by atoms with Crippen LogP contribution in [0.3, 0.4) is 0 Å². The van der Waals surface area contributed by atoms with Gasteiger partial charge in [-0.15, -0.1) is 0 Å². The minimum atomic E-state index is 0.475. The summed E-state index contributed by atoms with van der Waals surface area (Å²) in [5, 5.41) is 7.20. The van der Waals surface area contributed by atoms with E-state index in [0.717, 1.165) is 13.0 Å². The minimum absolute atomic E-state index is 0.475. The normalized spacial score (nSPS) is 19.7. The van der Waals surface area contributed by atoms with E-state index in [9.17, 15) is 0 Å². The van der Waals surface area contributed by atoms with Gasteiger partial charge in [-0.3, -0.25) is 0 Å². The summed E-state index contributed by atoms with van der Waals surface area (Å²) in [5.74, 6) is 0. The fourth-order valence-corrected chi connectivity index (χ4v) is 3.37. The standard InChI is InChI=1S/C17H18N2/c1-2-5-13-12(4-1)8-9-17(13)19-16-7-3-6-15-14(16)10-11-18-15/h1-7,17-19H,8-11H2/t17-/m0/s1. The van der Waals surface area contributed by atoms with Crippen LogP contribution in [0.2, 0.25) is 0 Å². The highest BCUT2D eigenvalue weighted by molar-refractivity contribution is 5.69. The van der Waals surface area contributed by atoms with Crippen LogP contribution < -0.4 is 10.6 Å². The Labute approximate surface area is 113 Å². The molecule has 19 heavy (non-hydrogen) atoms. The average molecular weight is 250 g/mol. The summed E-state index contributed by atoms with van der Waals surface area (Å²) >= 11 is 0. The Hall–Kier alpha value is -1.96. The molecule has 2 aromatic rings. The van der Waals surface area contributed by atoms with E-state index in [2.05, 4.69) is 53.1 Å². The molecule has 96 valence electrons. The van der Waals surface area contributed by atoms with Crippen molar-refractivity contribution in [2.45, 2.75) is 25.3 Å².